The van der Waals surface area contributed by atoms with E-state index in [2.05, 4.69) is 10.5 Å². The lowest BCUT2D eigenvalue weighted by Crippen LogP contribution is -2.15. The molecule has 0 unspecified atom stereocenters. The molecule has 0 aliphatic heterocycles. The molecular weight excluding hydrogens is 258 g/mol. The van der Waals surface area contributed by atoms with Crippen molar-refractivity contribution in [3.63, 3.8) is 0 Å². The fourth-order valence-corrected chi connectivity index (χ4v) is 1.87. The molecule has 1 amide bonds. The number of nitrogens with zero attached hydrogens (tertiary/aromatic N) is 1. The van der Waals surface area contributed by atoms with Crippen molar-refractivity contribution in [1.82, 2.24) is 0 Å². The molecule has 0 radical (unpaired) electrons. The van der Waals surface area contributed by atoms with Gasteiger partial charge in [0.1, 0.15) is 11.5 Å². The van der Waals surface area contributed by atoms with Gasteiger partial charge in [-0.3, -0.25) is 4.79 Å². The summed E-state index contributed by atoms with van der Waals surface area (Å²) in [5.41, 5.74) is 7.06. The van der Waals surface area contributed by atoms with Crippen LogP contribution in [0.2, 0.25) is 0 Å². The van der Waals surface area contributed by atoms with E-state index in [4.69, 9.17) is 15.4 Å². The molecule has 0 fully saturated rings. The van der Waals surface area contributed by atoms with Crippen LogP contribution in [0.5, 0.6) is 0 Å². The molecule has 0 aliphatic carbocycles. The van der Waals surface area contributed by atoms with E-state index in [1.807, 2.05) is 0 Å². The number of amidine groups is 1. The van der Waals surface area contributed by atoms with E-state index in [1.165, 1.54) is 0 Å². The van der Waals surface area contributed by atoms with E-state index < -0.39 is 0 Å². The largest absolute Gasteiger partial charge is 0.466 e. The molecule has 0 spiro atoms. The van der Waals surface area contributed by atoms with E-state index in [9.17, 15) is 4.79 Å². The fraction of sp³-hybridized carbons (Fsp3) is 0.143. The zero-order chi connectivity index (χ0) is 14.7. The number of nitrogens with two attached hydrogens (primary N) is 1. The summed E-state index contributed by atoms with van der Waals surface area (Å²) in [6.07, 6.45) is 0. The molecule has 0 saturated carbocycles. The molecule has 6 nitrogen and oxygen atoms in total. The van der Waals surface area contributed by atoms with E-state index in [0.29, 0.717) is 28.3 Å². The molecule has 104 valence electrons. The summed E-state index contributed by atoms with van der Waals surface area (Å²) in [4.78, 5) is 12.1. The summed E-state index contributed by atoms with van der Waals surface area (Å²) >= 11 is 0. The molecule has 0 atom stereocenters. The van der Waals surface area contributed by atoms with Crippen molar-refractivity contribution in [1.29, 1.82) is 0 Å². The molecule has 0 aliphatic rings. The van der Waals surface area contributed by atoms with Crippen molar-refractivity contribution in [3.05, 3.63) is 53.0 Å². The Bertz CT molecular complexity index is 674. The summed E-state index contributed by atoms with van der Waals surface area (Å²) in [5, 5.41) is 14.3. The first-order chi connectivity index (χ1) is 9.51. The van der Waals surface area contributed by atoms with Crippen LogP contribution in [0.3, 0.4) is 0 Å². The second-order valence-electron chi connectivity index (χ2n) is 4.35. The Balaban J connectivity index is 2.22. The molecule has 6 heteroatoms. The smallest absolute Gasteiger partial charge is 0.259 e. The quantitative estimate of drug-likeness (QED) is 0.345. The average Bonchev–Trinajstić information content (AvgIpc) is 2.77. The number of oxime groups is 1. The van der Waals surface area contributed by atoms with Gasteiger partial charge in [0.05, 0.1) is 5.56 Å². The molecule has 0 bridgehead atoms. The SMILES string of the molecule is Cc1cc(C(=O)Nc2cccc(/C(N)=N/O)c2)c(C)o1. The van der Waals surface area contributed by atoms with Gasteiger partial charge in [-0.2, -0.15) is 0 Å². The van der Waals surface area contributed by atoms with E-state index in [0.717, 1.165) is 0 Å². The third-order valence-electron chi connectivity index (χ3n) is 2.81. The van der Waals surface area contributed by atoms with Gasteiger partial charge in [0, 0.05) is 11.3 Å². The van der Waals surface area contributed by atoms with E-state index in [1.54, 1.807) is 44.2 Å². The van der Waals surface area contributed by atoms with Crippen LogP contribution in [0, 0.1) is 13.8 Å². The highest BCUT2D eigenvalue weighted by Crippen LogP contribution is 2.17. The Morgan fingerprint density at radius 2 is 2.10 bits per heavy atom. The highest BCUT2D eigenvalue weighted by molar-refractivity contribution is 6.06. The van der Waals surface area contributed by atoms with E-state index in [-0.39, 0.29) is 11.7 Å². The van der Waals surface area contributed by atoms with Gasteiger partial charge in [-0.1, -0.05) is 17.3 Å². The normalized spacial score (nSPS) is 11.4. The minimum atomic E-state index is -0.268. The Hall–Kier alpha value is -2.76. The number of aryl methyl sites for hydroxylation is 2. The molecule has 20 heavy (non-hydrogen) atoms. The number of carbonyl (C=O) groups is 1. The Labute approximate surface area is 115 Å². The zero-order valence-corrected chi connectivity index (χ0v) is 11.2. The van der Waals surface area contributed by atoms with Gasteiger partial charge in [0.25, 0.3) is 5.91 Å². The van der Waals surface area contributed by atoms with Gasteiger partial charge < -0.3 is 20.7 Å². The third kappa shape index (κ3) is 2.80. The lowest BCUT2D eigenvalue weighted by Gasteiger charge is -2.06. The van der Waals surface area contributed by atoms with Crippen LogP contribution < -0.4 is 11.1 Å². The number of anilines is 1. The number of carbonyl (C=O) groups excluding carboxylic acids is 1. The van der Waals surface area contributed by atoms with Crippen LogP contribution in [-0.4, -0.2) is 17.0 Å². The summed E-state index contributed by atoms with van der Waals surface area (Å²) in [6, 6.07) is 8.40. The van der Waals surface area contributed by atoms with E-state index >= 15 is 0 Å². The maximum atomic E-state index is 12.1. The van der Waals surface area contributed by atoms with Crippen molar-refractivity contribution in [2.24, 2.45) is 10.9 Å². The second kappa shape index (κ2) is 5.48. The van der Waals surface area contributed by atoms with Gasteiger partial charge in [-0.15, -0.1) is 0 Å². The number of rotatable bonds is 3. The molecule has 0 saturated heterocycles. The van der Waals surface area contributed by atoms with Crippen molar-refractivity contribution >= 4 is 17.4 Å². The predicted molar refractivity (Wildman–Crippen MR) is 75.1 cm³/mol. The predicted octanol–water partition coefficient (Wildman–Crippen LogP) is 2.24. The van der Waals surface area contributed by atoms with Crippen LogP contribution in [0.25, 0.3) is 0 Å². The topological polar surface area (TPSA) is 101 Å². The number of hydrogen-bond donors (Lipinski definition) is 3. The summed E-state index contributed by atoms with van der Waals surface area (Å²) in [7, 11) is 0. The van der Waals surface area contributed by atoms with Crippen LogP contribution in [-0.2, 0) is 0 Å². The summed E-state index contributed by atoms with van der Waals surface area (Å²) in [6.45, 7) is 3.51. The molecular formula is C14H15N3O3. The van der Waals surface area contributed by atoms with Crippen LogP contribution >= 0.6 is 0 Å². The van der Waals surface area contributed by atoms with Crippen molar-refractivity contribution < 1.29 is 14.4 Å². The first kappa shape index (κ1) is 13.7. The lowest BCUT2D eigenvalue weighted by molar-refractivity contribution is 0.102. The van der Waals surface area contributed by atoms with Gasteiger partial charge in [-0.25, -0.2) is 0 Å². The molecule has 2 rings (SSSR count). The lowest BCUT2D eigenvalue weighted by atomic mass is 10.1. The first-order valence-electron chi connectivity index (χ1n) is 5.97. The minimum Gasteiger partial charge on any atom is -0.466 e. The fourth-order valence-electron chi connectivity index (χ4n) is 1.87. The van der Waals surface area contributed by atoms with Crippen LogP contribution in [0.1, 0.15) is 27.4 Å². The summed E-state index contributed by atoms with van der Waals surface area (Å²) < 4.78 is 5.32. The maximum absolute atomic E-state index is 12.1. The zero-order valence-electron chi connectivity index (χ0n) is 11.2. The Kier molecular flexibility index (Phi) is 3.74. The van der Waals surface area contributed by atoms with Gasteiger partial charge in [0.2, 0.25) is 0 Å². The average molecular weight is 273 g/mol. The second-order valence-corrected chi connectivity index (χ2v) is 4.35. The van der Waals surface area contributed by atoms with Crippen LogP contribution in [0.15, 0.2) is 39.9 Å². The minimum absolute atomic E-state index is 0.0172. The molecule has 2 aromatic rings. The highest BCUT2D eigenvalue weighted by atomic mass is 16.4. The van der Waals surface area contributed by atoms with Crippen molar-refractivity contribution in [3.8, 4) is 0 Å². The van der Waals surface area contributed by atoms with Gasteiger partial charge >= 0.3 is 0 Å². The third-order valence-corrected chi connectivity index (χ3v) is 2.81. The standard InChI is InChI=1S/C14H15N3O3/c1-8-6-12(9(2)20-8)14(18)16-11-5-3-4-10(7-11)13(15)17-19/h3-7,19H,1-2H3,(H2,15,17)(H,16,18). The van der Waals surface area contributed by atoms with Gasteiger partial charge in [-0.05, 0) is 32.0 Å². The summed E-state index contributed by atoms with van der Waals surface area (Å²) in [5.74, 6) is 0.957. The maximum Gasteiger partial charge on any atom is 0.259 e. The Morgan fingerprint density at radius 3 is 2.70 bits per heavy atom. The molecule has 1 aromatic carbocycles. The first-order valence-corrected chi connectivity index (χ1v) is 5.97. The number of hydrogen-bond acceptors (Lipinski definition) is 4. The number of amides is 1. The number of furan rings is 1. The van der Waals surface area contributed by atoms with Crippen molar-refractivity contribution in [2.45, 2.75) is 13.8 Å². The van der Waals surface area contributed by atoms with Crippen LogP contribution in [0.4, 0.5) is 5.69 Å². The van der Waals surface area contributed by atoms with Crippen molar-refractivity contribution in [2.75, 3.05) is 5.32 Å². The highest BCUT2D eigenvalue weighted by Gasteiger charge is 2.13. The molecule has 4 N–H and O–H groups in total. The van der Waals surface area contributed by atoms with Gasteiger partial charge in [0.15, 0.2) is 5.84 Å². The molecule has 1 heterocycles. The Morgan fingerprint density at radius 1 is 1.35 bits per heavy atom. The monoisotopic (exact) mass is 273 g/mol. The number of nitrogens with one attached hydrogen (secondary N) is 1. The molecule has 1 aromatic heterocycles. The number of benzene rings is 1.